The summed E-state index contributed by atoms with van der Waals surface area (Å²) in [6.07, 6.45) is 4.60. The number of aryl methyl sites for hydroxylation is 3. The number of para-hydroxylation sites is 1. The van der Waals surface area contributed by atoms with Gasteiger partial charge in [0.25, 0.3) is 0 Å². The summed E-state index contributed by atoms with van der Waals surface area (Å²) >= 11 is 3.03. The number of aromatic nitrogens is 2. The van der Waals surface area contributed by atoms with E-state index in [2.05, 4.69) is 16.4 Å². The Hall–Kier alpha value is -2.69. The average Bonchev–Trinajstić information content (AvgIpc) is 3.20. The van der Waals surface area contributed by atoms with E-state index in [1.165, 1.54) is 23.3 Å². The maximum absolute atomic E-state index is 12.3. The molecule has 0 fully saturated rings. The molecule has 0 atom stereocenters. The van der Waals surface area contributed by atoms with Crippen molar-refractivity contribution in [3.8, 4) is 6.07 Å². The van der Waals surface area contributed by atoms with Crippen molar-refractivity contribution < 1.29 is 4.79 Å². The summed E-state index contributed by atoms with van der Waals surface area (Å²) in [7, 11) is 0. The van der Waals surface area contributed by atoms with Crippen LogP contribution in [0.25, 0.3) is 0 Å². The van der Waals surface area contributed by atoms with E-state index in [0.29, 0.717) is 11.3 Å². The number of hydrogen-bond donors (Lipinski definition) is 1. The maximum atomic E-state index is 12.3. The summed E-state index contributed by atoms with van der Waals surface area (Å²) in [5.41, 5.74) is 5.78. The predicted octanol–water partition coefficient (Wildman–Crippen LogP) is 5.07. The van der Waals surface area contributed by atoms with Crippen LogP contribution in [0.2, 0.25) is 0 Å². The van der Waals surface area contributed by atoms with E-state index in [-0.39, 0.29) is 12.3 Å². The first-order chi connectivity index (χ1) is 14.6. The summed E-state index contributed by atoms with van der Waals surface area (Å²) in [6, 6.07) is 12.0. The average molecular weight is 435 g/mol. The molecule has 1 aromatic carbocycles. The molecule has 2 heterocycles. The molecule has 7 heteroatoms. The summed E-state index contributed by atoms with van der Waals surface area (Å²) in [5.74, 6) is 0.567. The number of amides is 1. The summed E-state index contributed by atoms with van der Waals surface area (Å²) in [4.78, 5) is 21.7. The summed E-state index contributed by atoms with van der Waals surface area (Å²) in [5, 5.41) is 16.0. The van der Waals surface area contributed by atoms with E-state index in [1.807, 2.05) is 42.6 Å². The minimum Gasteiger partial charge on any atom is -0.325 e. The van der Waals surface area contributed by atoms with Crippen LogP contribution in [0.3, 0.4) is 0 Å². The van der Waals surface area contributed by atoms with E-state index in [0.717, 1.165) is 51.9 Å². The van der Waals surface area contributed by atoms with Crippen molar-refractivity contribution in [2.24, 2.45) is 0 Å². The first-order valence-electron chi connectivity index (χ1n) is 9.97. The molecule has 0 aliphatic heterocycles. The fraction of sp³-hybridized carbons (Fsp3) is 0.304. The Morgan fingerprint density at radius 2 is 2.10 bits per heavy atom. The van der Waals surface area contributed by atoms with Crippen molar-refractivity contribution in [2.75, 3.05) is 5.32 Å². The molecule has 3 aromatic rings. The molecule has 1 aliphatic rings. The third-order valence-electron chi connectivity index (χ3n) is 5.07. The number of rotatable bonds is 6. The van der Waals surface area contributed by atoms with Gasteiger partial charge in [0.15, 0.2) is 0 Å². The maximum Gasteiger partial charge on any atom is 0.231 e. The van der Waals surface area contributed by atoms with Gasteiger partial charge in [0, 0.05) is 22.5 Å². The lowest BCUT2D eigenvalue weighted by molar-refractivity contribution is -0.115. The van der Waals surface area contributed by atoms with Gasteiger partial charge in [0.2, 0.25) is 5.91 Å². The topological polar surface area (TPSA) is 78.7 Å². The monoisotopic (exact) mass is 434 g/mol. The van der Waals surface area contributed by atoms with E-state index in [4.69, 9.17) is 4.98 Å². The van der Waals surface area contributed by atoms with Crippen LogP contribution in [0.5, 0.6) is 0 Å². The highest BCUT2D eigenvalue weighted by Crippen LogP contribution is 2.29. The largest absolute Gasteiger partial charge is 0.325 e. The van der Waals surface area contributed by atoms with Crippen molar-refractivity contribution in [1.82, 2.24) is 9.97 Å². The van der Waals surface area contributed by atoms with Gasteiger partial charge in [0.05, 0.1) is 17.7 Å². The molecule has 1 N–H and O–H groups in total. The Labute approximate surface area is 184 Å². The lowest BCUT2D eigenvalue weighted by Gasteiger charge is -2.16. The number of carbonyl (C=O) groups is 1. The number of fused-ring (bicyclic) bond motifs is 1. The first kappa shape index (κ1) is 20.6. The number of anilines is 1. The zero-order chi connectivity index (χ0) is 20.9. The summed E-state index contributed by atoms with van der Waals surface area (Å²) < 4.78 is 0. The van der Waals surface area contributed by atoms with Crippen LogP contribution in [-0.4, -0.2) is 15.9 Å². The molecular formula is C23H22N4OS2. The molecule has 0 radical (unpaired) electrons. The Morgan fingerprint density at radius 3 is 2.93 bits per heavy atom. The second-order valence-electron chi connectivity index (χ2n) is 7.33. The van der Waals surface area contributed by atoms with E-state index >= 15 is 0 Å². The van der Waals surface area contributed by atoms with Gasteiger partial charge in [-0.25, -0.2) is 9.97 Å². The van der Waals surface area contributed by atoms with Crippen molar-refractivity contribution in [1.29, 1.82) is 5.26 Å². The molecule has 2 aromatic heterocycles. The van der Waals surface area contributed by atoms with Crippen molar-refractivity contribution >= 4 is 34.7 Å². The first-order valence-corrected chi connectivity index (χ1v) is 11.8. The Bertz CT molecular complexity index is 1120. The molecule has 152 valence electrons. The smallest absolute Gasteiger partial charge is 0.231 e. The summed E-state index contributed by atoms with van der Waals surface area (Å²) in [6.45, 7) is 1.97. The number of pyridine rings is 1. The van der Waals surface area contributed by atoms with Crippen LogP contribution in [0, 0.1) is 18.3 Å². The van der Waals surface area contributed by atoms with E-state index in [9.17, 15) is 10.1 Å². The minimum absolute atomic E-state index is 0.0685. The highest BCUT2D eigenvalue weighted by atomic mass is 32.2. The van der Waals surface area contributed by atoms with E-state index in [1.54, 1.807) is 11.8 Å². The van der Waals surface area contributed by atoms with Gasteiger partial charge < -0.3 is 5.32 Å². The van der Waals surface area contributed by atoms with Crippen LogP contribution in [0.4, 0.5) is 5.69 Å². The van der Waals surface area contributed by atoms with Gasteiger partial charge in [-0.2, -0.15) is 5.26 Å². The number of carbonyl (C=O) groups excluding carboxylic acids is 1. The number of nitrogens with zero attached hydrogens (tertiary/aromatic N) is 3. The third kappa shape index (κ3) is 4.89. The molecule has 0 saturated carbocycles. The molecule has 0 unspecified atom stereocenters. The normalized spacial score (nSPS) is 12.8. The molecule has 0 bridgehead atoms. The zero-order valence-electron chi connectivity index (χ0n) is 16.8. The molecule has 1 aliphatic carbocycles. The fourth-order valence-electron chi connectivity index (χ4n) is 3.49. The number of thiazole rings is 1. The van der Waals surface area contributed by atoms with E-state index < -0.39 is 0 Å². The van der Waals surface area contributed by atoms with Gasteiger partial charge in [-0.3, -0.25) is 4.79 Å². The molecule has 5 nitrogen and oxygen atoms in total. The second-order valence-corrected chi connectivity index (χ2v) is 9.23. The lowest BCUT2D eigenvalue weighted by atomic mass is 9.95. The van der Waals surface area contributed by atoms with Gasteiger partial charge in [-0.15, -0.1) is 11.3 Å². The fourth-order valence-corrected chi connectivity index (χ4v) is 5.25. The van der Waals surface area contributed by atoms with Crippen LogP contribution in [-0.2, 0) is 29.8 Å². The number of nitrogens with one attached hydrogen (secondary N) is 1. The molecular weight excluding hydrogens is 412 g/mol. The number of benzene rings is 1. The minimum atomic E-state index is -0.0685. The molecule has 4 rings (SSSR count). The highest BCUT2D eigenvalue weighted by molar-refractivity contribution is 7.98. The van der Waals surface area contributed by atoms with Crippen LogP contribution < -0.4 is 5.32 Å². The Morgan fingerprint density at radius 1 is 1.27 bits per heavy atom. The number of thioether (sulfide) groups is 1. The van der Waals surface area contributed by atoms with Crippen molar-refractivity contribution in [3.63, 3.8) is 0 Å². The number of nitriles is 1. The second kappa shape index (κ2) is 9.41. The Kier molecular flexibility index (Phi) is 6.46. The van der Waals surface area contributed by atoms with Crippen LogP contribution in [0.1, 0.15) is 45.9 Å². The molecule has 1 amide bonds. The Balaban J connectivity index is 1.38. The molecule has 0 saturated heterocycles. The van der Waals surface area contributed by atoms with Gasteiger partial charge in [0.1, 0.15) is 16.1 Å². The van der Waals surface area contributed by atoms with Gasteiger partial charge in [-0.05, 0) is 55.9 Å². The van der Waals surface area contributed by atoms with Gasteiger partial charge in [-0.1, -0.05) is 30.0 Å². The lowest BCUT2D eigenvalue weighted by Crippen LogP contribution is -2.15. The zero-order valence-corrected chi connectivity index (χ0v) is 18.4. The predicted molar refractivity (Wildman–Crippen MR) is 121 cm³/mol. The van der Waals surface area contributed by atoms with Crippen LogP contribution >= 0.6 is 23.1 Å². The van der Waals surface area contributed by atoms with Crippen molar-refractivity contribution in [2.45, 2.75) is 49.8 Å². The van der Waals surface area contributed by atoms with Crippen LogP contribution in [0.15, 0.2) is 40.7 Å². The molecule has 30 heavy (non-hydrogen) atoms. The molecule has 0 spiro atoms. The van der Waals surface area contributed by atoms with Crippen molar-refractivity contribution in [3.05, 3.63) is 68.8 Å². The van der Waals surface area contributed by atoms with Gasteiger partial charge >= 0.3 is 0 Å². The number of hydrogen-bond acceptors (Lipinski definition) is 6. The SMILES string of the molecule is Cc1ccccc1NC(=O)Cc1nc(CSc2nc3c(cc2C#N)CCCC3)cs1. The highest BCUT2D eigenvalue weighted by Gasteiger charge is 2.16. The third-order valence-corrected chi connectivity index (χ3v) is 7.00. The standard InChI is InChI=1S/C23H22N4OS2/c1-15-6-2-4-8-19(15)26-21(28)11-22-25-18(13-29-22)14-30-23-17(12-24)10-16-7-3-5-9-20(16)27-23/h2,4,6,8,10,13H,3,5,7,9,11,14H2,1H3,(H,26,28). The quantitative estimate of drug-likeness (QED) is 0.548.